The van der Waals surface area contributed by atoms with Crippen LogP contribution in [0, 0.1) is 28.4 Å². The molecule has 1 N–H and O–H groups in total. The predicted molar refractivity (Wildman–Crippen MR) is 144 cm³/mol. The van der Waals surface area contributed by atoms with E-state index in [-0.39, 0.29) is 16.6 Å². The molecule has 0 spiro atoms. The Hall–Kier alpha value is -4.69. The van der Waals surface area contributed by atoms with Gasteiger partial charge in [-0.25, -0.2) is 9.97 Å². The summed E-state index contributed by atoms with van der Waals surface area (Å²) in [5.74, 6) is 1.05. The lowest BCUT2D eigenvalue weighted by molar-refractivity contribution is -0.384. The number of hydrogen-bond donors (Lipinski definition) is 1. The van der Waals surface area contributed by atoms with Crippen molar-refractivity contribution in [2.45, 2.75) is 19.5 Å². The first-order valence-electron chi connectivity index (χ1n) is 12.3. The van der Waals surface area contributed by atoms with Gasteiger partial charge in [-0.05, 0) is 38.7 Å². The fourth-order valence-electron chi connectivity index (χ4n) is 5.11. The van der Waals surface area contributed by atoms with E-state index < -0.39 is 0 Å². The molecule has 0 saturated carbocycles. The number of rotatable bonds is 6. The minimum Gasteiger partial charge on any atom is -0.490 e. The quantitative estimate of drug-likeness (QED) is 0.302. The summed E-state index contributed by atoms with van der Waals surface area (Å²) in [5, 5.41) is 25.9. The van der Waals surface area contributed by atoms with Crippen molar-refractivity contribution in [3.05, 3.63) is 64.0 Å². The molecule has 2 aliphatic rings. The van der Waals surface area contributed by atoms with Crippen molar-refractivity contribution in [1.29, 1.82) is 5.26 Å². The van der Waals surface area contributed by atoms with Crippen molar-refractivity contribution in [2.24, 2.45) is 0 Å². The summed E-state index contributed by atoms with van der Waals surface area (Å²) in [4.78, 5) is 24.8. The van der Waals surface area contributed by atoms with Crippen LogP contribution < -0.4 is 15.0 Å². The number of nitro benzene ring substituents is 1. The maximum atomic E-state index is 12.0. The van der Waals surface area contributed by atoms with Crippen LogP contribution in [0.15, 0.2) is 42.7 Å². The van der Waals surface area contributed by atoms with E-state index in [2.05, 4.69) is 25.8 Å². The Morgan fingerprint density at radius 1 is 1.29 bits per heavy atom. The van der Waals surface area contributed by atoms with Crippen molar-refractivity contribution in [1.82, 2.24) is 19.4 Å². The maximum absolute atomic E-state index is 12.0. The number of aryl methyl sites for hydroxylation is 1. The van der Waals surface area contributed by atoms with Crippen molar-refractivity contribution in [3.8, 4) is 23.1 Å². The molecular formula is C27H26N8O3. The van der Waals surface area contributed by atoms with Crippen molar-refractivity contribution < 1.29 is 9.66 Å². The molecule has 0 aliphatic carbocycles. The molecule has 0 atom stereocenters. The molecule has 0 amide bonds. The number of likely N-dealkylation sites (N-methyl/N-ethyl adjacent to an activating group) is 1. The summed E-state index contributed by atoms with van der Waals surface area (Å²) in [6.07, 6.45) is 3.47. The zero-order valence-electron chi connectivity index (χ0n) is 21.3. The highest BCUT2D eigenvalue weighted by Gasteiger charge is 2.33. The average molecular weight is 511 g/mol. The number of benzene rings is 2. The minimum absolute atomic E-state index is 0.0261. The monoisotopic (exact) mass is 510 g/mol. The number of nitrogens with one attached hydrogen (secondary N) is 1. The smallest absolute Gasteiger partial charge is 0.294 e. The summed E-state index contributed by atoms with van der Waals surface area (Å²) in [5.41, 5.74) is 4.61. The zero-order chi connectivity index (χ0) is 26.6. The van der Waals surface area contributed by atoms with Gasteiger partial charge in [0.1, 0.15) is 24.1 Å². The Balaban J connectivity index is 1.37. The van der Waals surface area contributed by atoms with Crippen LogP contribution in [0.5, 0.6) is 5.75 Å². The van der Waals surface area contributed by atoms with Crippen molar-refractivity contribution in [3.63, 3.8) is 0 Å². The van der Waals surface area contributed by atoms with Crippen molar-refractivity contribution >= 4 is 33.9 Å². The van der Waals surface area contributed by atoms with Gasteiger partial charge in [-0.15, -0.1) is 0 Å². The number of nitro groups is 1. The molecule has 2 aliphatic heterocycles. The van der Waals surface area contributed by atoms with Gasteiger partial charge in [-0.1, -0.05) is 12.1 Å². The average Bonchev–Trinajstić information content (AvgIpc) is 3.24. The highest BCUT2D eigenvalue weighted by Crippen LogP contribution is 2.39. The minimum atomic E-state index is -0.357. The van der Waals surface area contributed by atoms with E-state index in [0.29, 0.717) is 41.8 Å². The molecule has 4 aromatic rings. The molecule has 0 bridgehead atoms. The second kappa shape index (κ2) is 9.00. The van der Waals surface area contributed by atoms with Gasteiger partial charge in [-0.2, -0.15) is 5.26 Å². The van der Waals surface area contributed by atoms with Gasteiger partial charge in [0.15, 0.2) is 0 Å². The molecule has 11 heteroatoms. The highest BCUT2D eigenvalue weighted by molar-refractivity contribution is 5.99. The molecule has 11 nitrogen and oxygen atoms in total. The SMILES string of the molecule is Cc1cc(N2CC(N(C)C)C2)c([N+](=O)[O-])cc1Nc1ncc(C#N)c(-c2cn3c4c(cccc24)OCC3)n1. The number of hydrogen-bond acceptors (Lipinski definition) is 9. The number of ether oxygens (including phenoxy) is 1. The first kappa shape index (κ1) is 23.7. The summed E-state index contributed by atoms with van der Waals surface area (Å²) in [6.45, 7) is 4.65. The standard InChI is InChI=1S/C27H26N8O3/c1-16-9-22(34-13-18(14-34)32(2)3)23(35(36)37)10-21(16)30-27-29-12-17(11-28)25(31-27)20-15-33-7-8-38-24-6-4-5-19(20)26(24)33/h4-6,9-10,12,15,18H,7-8,13-14H2,1-3H3,(H,29,30,31). The van der Waals surface area contributed by atoms with E-state index in [0.717, 1.165) is 40.9 Å². The van der Waals surface area contributed by atoms with Gasteiger partial charge in [-0.3, -0.25) is 10.1 Å². The fraction of sp³-hybridized carbons (Fsp3) is 0.296. The maximum Gasteiger partial charge on any atom is 0.294 e. The van der Waals surface area contributed by atoms with E-state index in [9.17, 15) is 15.4 Å². The van der Waals surface area contributed by atoms with Gasteiger partial charge in [0, 0.05) is 42.3 Å². The van der Waals surface area contributed by atoms with Crippen molar-refractivity contribution in [2.75, 3.05) is 44.0 Å². The summed E-state index contributed by atoms with van der Waals surface area (Å²) in [6, 6.07) is 11.8. The largest absolute Gasteiger partial charge is 0.490 e. The third-order valence-electron chi connectivity index (χ3n) is 7.31. The van der Waals surface area contributed by atoms with Gasteiger partial charge < -0.3 is 24.4 Å². The van der Waals surface area contributed by atoms with Crippen LogP contribution in [-0.2, 0) is 6.54 Å². The molecule has 1 saturated heterocycles. The Kier molecular flexibility index (Phi) is 5.61. The lowest BCUT2D eigenvalue weighted by Crippen LogP contribution is -2.57. The molecule has 6 rings (SSSR count). The van der Waals surface area contributed by atoms with E-state index >= 15 is 0 Å². The summed E-state index contributed by atoms with van der Waals surface area (Å²) in [7, 11) is 4.02. The lowest BCUT2D eigenvalue weighted by Gasteiger charge is -2.44. The first-order valence-corrected chi connectivity index (χ1v) is 12.3. The first-order chi connectivity index (χ1) is 18.3. The third-order valence-corrected chi connectivity index (χ3v) is 7.31. The number of nitrogens with zero attached hydrogens (tertiary/aromatic N) is 7. The van der Waals surface area contributed by atoms with Crippen LogP contribution in [-0.4, -0.2) is 64.2 Å². The number of para-hydroxylation sites is 1. The molecule has 0 unspecified atom stereocenters. The molecule has 2 aromatic carbocycles. The molecule has 4 heterocycles. The van der Waals surface area contributed by atoms with E-state index in [1.54, 1.807) is 0 Å². The van der Waals surface area contributed by atoms with Gasteiger partial charge in [0.05, 0.1) is 40.1 Å². The molecule has 1 fully saturated rings. The van der Waals surface area contributed by atoms with Gasteiger partial charge >= 0.3 is 0 Å². The molecular weight excluding hydrogens is 484 g/mol. The molecule has 38 heavy (non-hydrogen) atoms. The Labute approximate surface area is 219 Å². The van der Waals surface area contributed by atoms with Gasteiger partial charge in [0.25, 0.3) is 5.69 Å². The predicted octanol–water partition coefficient (Wildman–Crippen LogP) is 4.07. The second-order valence-corrected chi connectivity index (χ2v) is 9.87. The van der Waals surface area contributed by atoms with E-state index in [1.807, 2.05) is 56.4 Å². The molecule has 0 radical (unpaired) electrons. The highest BCUT2D eigenvalue weighted by atomic mass is 16.6. The third kappa shape index (κ3) is 3.86. The normalized spacial score (nSPS) is 14.8. The van der Waals surface area contributed by atoms with Crippen LogP contribution in [0.1, 0.15) is 11.1 Å². The Bertz CT molecular complexity index is 1630. The van der Waals surface area contributed by atoms with Crippen LogP contribution in [0.2, 0.25) is 0 Å². The summed E-state index contributed by atoms with van der Waals surface area (Å²) >= 11 is 0. The second-order valence-electron chi connectivity index (χ2n) is 9.87. The zero-order valence-corrected chi connectivity index (χ0v) is 21.3. The van der Waals surface area contributed by atoms with Gasteiger partial charge in [0.2, 0.25) is 5.95 Å². The summed E-state index contributed by atoms with van der Waals surface area (Å²) < 4.78 is 7.93. The lowest BCUT2D eigenvalue weighted by atomic mass is 10.0. The molecule has 2 aromatic heterocycles. The Morgan fingerprint density at radius 3 is 2.84 bits per heavy atom. The van der Waals surface area contributed by atoms with Crippen LogP contribution in [0.3, 0.4) is 0 Å². The number of aromatic nitrogens is 3. The van der Waals surface area contributed by atoms with Crippen LogP contribution >= 0.6 is 0 Å². The number of anilines is 3. The van der Waals surface area contributed by atoms with E-state index in [1.165, 1.54) is 12.3 Å². The molecule has 192 valence electrons. The van der Waals surface area contributed by atoms with E-state index in [4.69, 9.17) is 9.72 Å². The van der Waals surface area contributed by atoms with Crippen LogP contribution in [0.25, 0.3) is 22.2 Å². The number of nitriles is 1. The van der Waals surface area contributed by atoms with Crippen LogP contribution in [0.4, 0.5) is 23.0 Å². The Morgan fingerprint density at radius 2 is 2.11 bits per heavy atom. The fourth-order valence-corrected chi connectivity index (χ4v) is 5.11. The topological polar surface area (TPSA) is 125 Å².